The number of rotatable bonds is 3. The number of aromatic nitrogens is 1. The average Bonchev–Trinajstić information content (AvgIpc) is 2.43. The number of hydrogen-bond acceptors (Lipinski definition) is 2. The van der Waals surface area contributed by atoms with Crippen molar-refractivity contribution in [1.82, 2.24) is 4.98 Å². The summed E-state index contributed by atoms with van der Waals surface area (Å²) in [7, 11) is 0. The Morgan fingerprint density at radius 2 is 2.00 bits per heavy atom. The predicted molar refractivity (Wildman–Crippen MR) is 72.2 cm³/mol. The number of nitrogens with zero attached hydrogens (tertiary/aromatic N) is 2. The first-order valence-electron chi connectivity index (χ1n) is 5.81. The summed E-state index contributed by atoms with van der Waals surface area (Å²) >= 11 is 0. The number of aliphatic imine (C=N–C) groups is 1. The minimum atomic E-state index is 0.615. The van der Waals surface area contributed by atoms with Crippen LogP contribution in [0.2, 0.25) is 0 Å². The topological polar surface area (TPSA) is 25.2 Å². The molecule has 0 radical (unpaired) electrons. The van der Waals surface area contributed by atoms with Gasteiger partial charge in [0.25, 0.3) is 0 Å². The van der Waals surface area contributed by atoms with E-state index in [1.54, 1.807) is 6.20 Å². The zero-order valence-corrected chi connectivity index (χ0v) is 10.3. The van der Waals surface area contributed by atoms with Crippen LogP contribution < -0.4 is 0 Å². The van der Waals surface area contributed by atoms with Gasteiger partial charge in [-0.1, -0.05) is 26.1 Å². The van der Waals surface area contributed by atoms with Crippen LogP contribution in [0.25, 0.3) is 0 Å². The molecule has 1 aromatic heterocycles. The second-order valence-corrected chi connectivity index (χ2v) is 3.11. The zero-order valence-electron chi connectivity index (χ0n) is 10.3. The smallest absolute Gasteiger partial charge is 0.0705 e. The van der Waals surface area contributed by atoms with Gasteiger partial charge in [0.1, 0.15) is 0 Å². The van der Waals surface area contributed by atoms with Crippen LogP contribution >= 0.6 is 0 Å². The van der Waals surface area contributed by atoms with Crippen LogP contribution in [0.1, 0.15) is 25.1 Å². The Balaban J connectivity index is 0.000000686. The average molecular weight is 225 g/mol. The number of pyridine rings is 1. The number of hydrogen-bond donors (Lipinski definition) is 0. The molecule has 2 aromatic rings. The predicted octanol–water partition coefficient (Wildman–Crippen LogP) is 3.53. The maximum Gasteiger partial charge on any atom is 0.0705 e. The van der Waals surface area contributed by atoms with Gasteiger partial charge >= 0.3 is 0 Å². The van der Waals surface area contributed by atoms with E-state index in [4.69, 9.17) is 0 Å². The zero-order chi connectivity index (χ0) is 12.3. The van der Waals surface area contributed by atoms with Crippen LogP contribution in [0.5, 0.6) is 0 Å². The van der Waals surface area contributed by atoms with Crippen LogP contribution in [-0.2, 0) is 6.54 Å². The number of benzene rings is 1. The molecule has 2 rings (SSSR count). The van der Waals surface area contributed by atoms with Crippen molar-refractivity contribution < 1.29 is 0 Å². The van der Waals surface area contributed by atoms with E-state index < -0.39 is 0 Å². The van der Waals surface area contributed by atoms with Crippen molar-refractivity contribution in [2.24, 2.45) is 4.99 Å². The molecule has 88 valence electrons. The Hall–Kier alpha value is -1.96. The lowest BCUT2D eigenvalue weighted by atomic mass is 10.2. The van der Waals surface area contributed by atoms with Crippen molar-refractivity contribution in [3.8, 4) is 0 Å². The molecule has 2 heteroatoms. The molecule has 0 aliphatic carbocycles. The maximum atomic E-state index is 4.29. The van der Waals surface area contributed by atoms with Crippen LogP contribution in [0.15, 0.2) is 53.7 Å². The summed E-state index contributed by atoms with van der Waals surface area (Å²) in [5, 5.41) is 0. The van der Waals surface area contributed by atoms with E-state index in [0.29, 0.717) is 6.54 Å². The van der Waals surface area contributed by atoms with Gasteiger partial charge in [-0.25, -0.2) is 0 Å². The standard InChI is InChI=1S/C13H11N2.C2H6/c1-2-6-12(7-3-1)10-14-11-13-8-4-5-9-15-13;1-2/h1-6,8-10H,11H2;1-2H3/q-1;. The highest BCUT2D eigenvalue weighted by atomic mass is 14.8. The molecule has 0 N–H and O–H groups in total. The third-order valence-electron chi connectivity index (χ3n) is 1.94. The second-order valence-electron chi connectivity index (χ2n) is 3.11. The quantitative estimate of drug-likeness (QED) is 0.579. The van der Waals surface area contributed by atoms with E-state index >= 15 is 0 Å². The van der Waals surface area contributed by atoms with Crippen LogP contribution in [-0.4, -0.2) is 11.2 Å². The SMILES string of the molecule is CC.[c-]1ccccc1C=NCc1ccccn1. The van der Waals surface area contributed by atoms with Gasteiger partial charge in [-0.15, -0.1) is 35.9 Å². The molecule has 0 aliphatic rings. The van der Waals surface area contributed by atoms with Gasteiger partial charge in [-0.3, -0.25) is 4.98 Å². The molecule has 0 saturated carbocycles. The minimum Gasteiger partial charge on any atom is -0.334 e. The fourth-order valence-electron chi connectivity index (χ4n) is 1.22. The van der Waals surface area contributed by atoms with Gasteiger partial charge in [-0.2, -0.15) is 0 Å². The Kier molecular flexibility index (Phi) is 6.34. The molecule has 17 heavy (non-hydrogen) atoms. The van der Waals surface area contributed by atoms with Gasteiger partial charge in [0.2, 0.25) is 0 Å². The van der Waals surface area contributed by atoms with Crippen molar-refractivity contribution in [3.63, 3.8) is 0 Å². The Labute approximate surface area is 103 Å². The molecule has 0 amide bonds. The summed E-state index contributed by atoms with van der Waals surface area (Å²) in [4.78, 5) is 8.48. The third kappa shape index (κ3) is 5.07. The van der Waals surface area contributed by atoms with E-state index in [2.05, 4.69) is 16.0 Å². The maximum absolute atomic E-state index is 4.29. The molecule has 1 aromatic carbocycles. The van der Waals surface area contributed by atoms with Gasteiger partial charge in [0.15, 0.2) is 0 Å². The van der Waals surface area contributed by atoms with E-state index in [1.165, 1.54) is 0 Å². The summed E-state index contributed by atoms with van der Waals surface area (Å²) in [5.74, 6) is 0. The molecular formula is C15H17N2-. The van der Waals surface area contributed by atoms with Crippen molar-refractivity contribution in [2.75, 3.05) is 0 Å². The Morgan fingerprint density at radius 1 is 1.18 bits per heavy atom. The molecule has 0 fully saturated rings. The summed E-state index contributed by atoms with van der Waals surface area (Å²) in [5.41, 5.74) is 1.97. The lowest BCUT2D eigenvalue weighted by Gasteiger charge is -1.99. The summed E-state index contributed by atoms with van der Waals surface area (Å²) < 4.78 is 0. The van der Waals surface area contributed by atoms with Crippen molar-refractivity contribution in [3.05, 3.63) is 66.0 Å². The lowest BCUT2D eigenvalue weighted by Crippen LogP contribution is -1.87. The summed E-state index contributed by atoms with van der Waals surface area (Å²) in [6.07, 6.45) is 3.59. The molecule has 0 atom stereocenters. The molecule has 0 saturated heterocycles. The van der Waals surface area contributed by atoms with E-state index in [-0.39, 0.29) is 0 Å². The monoisotopic (exact) mass is 225 g/mol. The van der Waals surface area contributed by atoms with E-state index in [1.807, 2.05) is 62.5 Å². The first-order valence-corrected chi connectivity index (χ1v) is 5.81. The molecular weight excluding hydrogens is 208 g/mol. The molecule has 0 unspecified atom stereocenters. The van der Waals surface area contributed by atoms with Gasteiger partial charge in [-0.05, 0) is 12.1 Å². The van der Waals surface area contributed by atoms with Crippen LogP contribution in [0, 0.1) is 6.07 Å². The highest BCUT2D eigenvalue weighted by molar-refractivity contribution is 5.78. The van der Waals surface area contributed by atoms with Crippen molar-refractivity contribution in [2.45, 2.75) is 20.4 Å². The third-order valence-corrected chi connectivity index (χ3v) is 1.94. The Bertz CT molecular complexity index is 421. The van der Waals surface area contributed by atoms with Crippen molar-refractivity contribution >= 4 is 6.21 Å². The molecule has 0 bridgehead atoms. The molecule has 1 heterocycles. The van der Waals surface area contributed by atoms with Crippen LogP contribution in [0.4, 0.5) is 0 Å². The van der Waals surface area contributed by atoms with Gasteiger partial charge in [0, 0.05) is 6.20 Å². The molecule has 0 aliphatic heterocycles. The molecule has 2 nitrogen and oxygen atoms in total. The van der Waals surface area contributed by atoms with E-state index in [9.17, 15) is 0 Å². The fourth-order valence-corrected chi connectivity index (χ4v) is 1.22. The van der Waals surface area contributed by atoms with Gasteiger partial charge < -0.3 is 4.99 Å². The normalized spacial score (nSPS) is 9.76. The Morgan fingerprint density at radius 3 is 2.65 bits per heavy atom. The van der Waals surface area contributed by atoms with Crippen molar-refractivity contribution in [1.29, 1.82) is 0 Å². The fraction of sp³-hybridized carbons (Fsp3) is 0.200. The lowest BCUT2D eigenvalue weighted by molar-refractivity contribution is 0.995. The van der Waals surface area contributed by atoms with Crippen LogP contribution in [0.3, 0.4) is 0 Å². The first kappa shape index (κ1) is 13.1. The highest BCUT2D eigenvalue weighted by Crippen LogP contribution is 1.97. The first-order chi connectivity index (χ1) is 8.45. The van der Waals surface area contributed by atoms with E-state index in [0.717, 1.165) is 11.3 Å². The molecule has 0 spiro atoms. The summed E-state index contributed by atoms with van der Waals surface area (Å²) in [6, 6.07) is 16.7. The largest absolute Gasteiger partial charge is 0.334 e. The second kappa shape index (κ2) is 8.22. The summed E-state index contributed by atoms with van der Waals surface area (Å²) in [6.45, 7) is 4.61. The van der Waals surface area contributed by atoms with Gasteiger partial charge in [0.05, 0.1) is 12.2 Å². The highest BCUT2D eigenvalue weighted by Gasteiger charge is 1.86. The minimum absolute atomic E-state index is 0.615.